The van der Waals surface area contributed by atoms with Gasteiger partial charge in [-0.1, -0.05) is 31.4 Å². The molecule has 0 radical (unpaired) electrons. The van der Waals surface area contributed by atoms with Gasteiger partial charge in [-0.25, -0.2) is 4.39 Å². The first-order valence-corrected chi connectivity index (χ1v) is 6.23. The maximum Gasteiger partial charge on any atom is 0.143 e. The van der Waals surface area contributed by atoms with E-state index >= 15 is 0 Å². The lowest BCUT2D eigenvalue weighted by molar-refractivity contribution is 0.143. The zero-order chi connectivity index (χ0) is 12.3. The van der Waals surface area contributed by atoms with Crippen LogP contribution < -0.4 is 10.5 Å². The number of ether oxygens (including phenoxy) is 1. The average Bonchev–Trinajstić information content (AvgIpc) is 2.39. The van der Waals surface area contributed by atoms with Crippen LogP contribution >= 0.6 is 0 Å². The van der Waals surface area contributed by atoms with Crippen molar-refractivity contribution >= 4 is 0 Å². The minimum absolute atomic E-state index is 0.662. The molecule has 1 fully saturated rings. The van der Waals surface area contributed by atoms with Crippen LogP contribution in [0, 0.1) is 0 Å². The zero-order valence-corrected chi connectivity index (χ0v) is 10.3. The van der Waals surface area contributed by atoms with Crippen LogP contribution in [-0.4, -0.2) is 12.6 Å². The third kappa shape index (κ3) is 2.60. The Hall–Kier alpha value is -1.09. The topological polar surface area (TPSA) is 35.2 Å². The Morgan fingerprint density at radius 1 is 1.18 bits per heavy atom. The molecule has 94 valence electrons. The summed E-state index contributed by atoms with van der Waals surface area (Å²) in [6.07, 6.45) is 3.73. The molecule has 2 rings (SSSR count). The first-order chi connectivity index (χ1) is 8.15. The standard InChI is InChI=1S/C14H20FNO/c1-17-12-7-5-11(6-8-12)13(15)14(16)9-3-2-4-10-14/h5-8,13H,2-4,9-10,16H2,1H3. The molecule has 17 heavy (non-hydrogen) atoms. The fraction of sp³-hybridized carbons (Fsp3) is 0.571. The highest BCUT2D eigenvalue weighted by atomic mass is 19.1. The Kier molecular flexibility index (Phi) is 3.67. The van der Waals surface area contributed by atoms with Gasteiger partial charge in [-0.2, -0.15) is 0 Å². The van der Waals surface area contributed by atoms with E-state index in [2.05, 4.69) is 0 Å². The summed E-state index contributed by atoms with van der Waals surface area (Å²) in [5.74, 6) is 0.746. The van der Waals surface area contributed by atoms with Gasteiger partial charge in [0.15, 0.2) is 0 Å². The number of nitrogens with two attached hydrogens (primary N) is 1. The fourth-order valence-corrected chi connectivity index (χ4v) is 2.57. The van der Waals surface area contributed by atoms with E-state index in [1.54, 1.807) is 31.4 Å². The van der Waals surface area contributed by atoms with E-state index in [-0.39, 0.29) is 0 Å². The minimum atomic E-state index is -1.08. The van der Waals surface area contributed by atoms with E-state index in [9.17, 15) is 4.39 Å². The Balaban J connectivity index is 2.14. The molecule has 1 aromatic rings. The van der Waals surface area contributed by atoms with Crippen LogP contribution in [0.25, 0.3) is 0 Å². The highest BCUT2D eigenvalue weighted by molar-refractivity contribution is 5.30. The lowest BCUT2D eigenvalue weighted by Crippen LogP contribution is -2.45. The number of methoxy groups -OCH3 is 1. The van der Waals surface area contributed by atoms with Gasteiger partial charge in [0.2, 0.25) is 0 Å². The van der Waals surface area contributed by atoms with Crippen LogP contribution in [0.4, 0.5) is 4.39 Å². The third-order valence-electron chi connectivity index (χ3n) is 3.70. The van der Waals surface area contributed by atoms with Gasteiger partial charge in [0, 0.05) is 0 Å². The number of alkyl halides is 1. The monoisotopic (exact) mass is 237 g/mol. The third-order valence-corrected chi connectivity index (χ3v) is 3.70. The Morgan fingerprint density at radius 3 is 2.29 bits per heavy atom. The first kappa shape index (κ1) is 12.4. The summed E-state index contributed by atoms with van der Waals surface area (Å²) in [4.78, 5) is 0. The molecule has 1 aromatic carbocycles. The number of halogens is 1. The van der Waals surface area contributed by atoms with Crippen molar-refractivity contribution in [2.75, 3.05) is 7.11 Å². The molecule has 3 heteroatoms. The predicted octanol–water partition coefficient (Wildman–Crippen LogP) is 3.37. The van der Waals surface area contributed by atoms with Gasteiger partial charge < -0.3 is 10.5 Å². The van der Waals surface area contributed by atoms with Crippen molar-refractivity contribution in [3.05, 3.63) is 29.8 Å². The molecule has 0 aliphatic heterocycles. The summed E-state index contributed by atoms with van der Waals surface area (Å²) in [5.41, 5.74) is 6.19. The molecule has 1 atom stereocenters. The van der Waals surface area contributed by atoms with Crippen molar-refractivity contribution in [3.8, 4) is 5.75 Å². The van der Waals surface area contributed by atoms with Gasteiger partial charge in [0.1, 0.15) is 11.9 Å². The van der Waals surface area contributed by atoms with Gasteiger partial charge in [-0.3, -0.25) is 0 Å². The van der Waals surface area contributed by atoms with E-state index in [0.717, 1.165) is 31.4 Å². The molecule has 2 nitrogen and oxygen atoms in total. The van der Waals surface area contributed by atoms with Crippen LogP contribution in [0.5, 0.6) is 5.75 Å². The molecule has 0 amide bonds. The van der Waals surface area contributed by atoms with Crippen molar-refractivity contribution < 1.29 is 9.13 Å². The van der Waals surface area contributed by atoms with Crippen molar-refractivity contribution in [1.29, 1.82) is 0 Å². The number of rotatable bonds is 3. The second-order valence-electron chi connectivity index (χ2n) is 4.93. The van der Waals surface area contributed by atoms with Gasteiger partial charge in [-0.05, 0) is 30.5 Å². The quantitative estimate of drug-likeness (QED) is 0.874. The molecule has 1 aliphatic carbocycles. The van der Waals surface area contributed by atoms with E-state index in [0.29, 0.717) is 5.56 Å². The molecule has 0 spiro atoms. The Labute approximate surface area is 102 Å². The molecule has 2 N–H and O–H groups in total. The summed E-state index contributed by atoms with van der Waals surface area (Å²) < 4.78 is 19.5. The highest BCUT2D eigenvalue weighted by Gasteiger charge is 2.37. The van der Waals surface area contributed by atoms with Crippen LogP contribution in [-0.2, 0) is 0 Å². The first-order valence-electron chi connectivity index (χ1n) is 6.23. The molecular formula is C14H20FNO. The van der Waals surface area contributed by atoms with Crippen LogP contribution in [0.15, 0.2) is 24.3 Å². The Morgan fingerprint density at radius 2 is 1.76 bits per heavy atom. The van der Waals surface area contributed by atoms with E-state index in [1.807, 2.05) is 0 Å². The second kappa shape index (κ2) is 5.05. The van der Waals surface area contributed by atoms with Crippen molar-refractivity contribution in [3.63, 3.8) is 0 Å². The summed E-state index contributed by atoms with van der Waals surface area (Å²) in [6, 6.07) is 7.11. The summed E-state index contributed by atoms with van der Waals surface area (Å²) in [7, 11) is 1.60. The molecule has 0 heterocycles. The molecular weight excluding hydrogens is 217 g/mol. The largest absolute Gasteiger partial charge is 0.497 e. The Bertz CT molecular complexity index is 357. The maximum absolute atomic E-state index is 14.5. The van der Waals surface area contributed by atoms with Gasteiger partial charge in [-0.15, -0.1) is 0 Å². The van der Waals surface area contributed by atoms with Crippen LogP contribution in [0.1, 0.15) is 43.8 Å². The van der Waals surface area contributed by atoms with E-state index in [1.165, 1.54) is 6.42 Å². The van der Waals surface area contributed by atoms with Gasteiger partial charge in [0.25, 0.3) is 0 Å². The summed E-state index contributed by atoms with van der Waals surface area (Å²) in [6.45, 7) is 0. The number of benzene rings is 1. The van der Waals surface area contributed by atoms with Crippen LogP contribution in [0.2, 0.25) is 0 Å². The summed E-state index contributed by atoms with van der Waals surface area (Å²) >= 11 is 0. The van der Waals surface area contributed by atoms with E-state index in [4.69, 9.17) is 10.5 Å². The van der Waals surface area contributed by atoms with Crippen LogP contribution in [0.3, 0.4) is 0 Å². The highest BCUT2D eigenvalue weighted by Crippen LogP contribution is 2.39. The van der Waals surface area contributed by atoms with Gasteiger partial charge in [0.05, 0.1) is 12.6 Å². The van der Waals surface area contributed by atoms with E-state index < -0.39 is 11.7 Å². The normalized spacial score (nSPS) is 20.9. The fourth-order valence-electron chi connectivity index (χ4n) is 2.57. The maximum atomic E-state index is 14.5. The zero-order valence-electron chi connectivity index (χ0n) is 10.3. The average molecular weight is 237 g/mol. The van der Waals surface area contributed by atoms with Gasteiger partial charge >= 0.3 is 0 Å². The SMILES string of the molecule is COc1ccc(C(F)C2(N)CCCCC2)cc1. The lowest BCUT2D eigenvalue weighted by Gasteiger charge is -2.36. The molecule has 0 saturated heterocycles. The molecule has 1 unspecified atom stereocenters. The number of hydrogen-bond acceptors (Lipinski definition) is 2. The summed E-state index contributed by atoms with van der Waals surface area (Å²) in [5, 5.41) is 0. The molecule has 1 aliphatic rings. The molecule has 0 bridgehead atoms. The molecule has 1 saturated carbocycles. The molecule has 0 aromatic heterocycles. The van der Waals surface area contributed by atoms with Crippen molar-refractivity contribution in [2.24, 2.45) is 5.73 Å². The predicted molar refractivity (Wildman–Crippen MR) is 66.8 cm³/mol. The minimum Gasteiger partial charge on any atom is -0.497 e. The van der Waals surface area contributed by atoms with Crippen molar-refractivity contribution in [1.82, 2.24) is 0 Å². The smallest absolute Gasteiger partial charge is 0.143 e. The lowest BCUT2D eigenvalue weighted by atomic mass is 9.77. The number of hydrogen-bond donors (Lipinski definition) is 1. The van der Waals surface area contributed by atoms with Crippen molar-refractivity contribution in [2.45, 2.75) is 43.8 Å². The second-order valence-corrected chi connectivity index (χ2v) is 4.93.